The molecular weight excluding hydrogens is 347 g/mol. The Labute approximate surface area is 130 Å². The second kappa shape index (κ2) is 6.22. The molecule has 0 aliphatic heterocycles. The number of hydrogen-bond acceptors (Lipinski definition) is 3. The van der Waals surface area contributed by atoms with E-state index in [2.05, 4.69) is 26.5 Å². The molecule has 3 N–H and O–H groups in total. The molecular formula is C13H15BrClFN4. The van der Waals surface area contributed by atoms with E-state index in [0.29, 0.717) is 16.0 Å². The lowest BCUT2D eigenvalue weighted by molar-refractivity contribution is 0.546. The van der Waals surface area contributed by atoms with Gasteiger partial charge in [-0.1, -0.05) is 33.6 Å². The van der Waals surface area contributed by atoms with Gasteiger partial charge in [0.05, 0.1) is 11.7 Å². The van der Waals surface area contributed by atoms with Crippen molar-refractivity contribution in [2.75, 3.05) is 0 Å². The molecule has 108 valence electrons. The molecule has 7 heteroatoms. The zero-order valence-corrected chi connectivity index (χ0v) is 13.5. The molecule has 0 fully saturated rings. The van der Waals surface area contributed by atoms with E-state index in [1.807, 2.05) is 6.92 Å². The molecule has 0 saturated carbocycles. The van der Waals surface area contributed by atoms with Crippen LogP contribution in [0.5, 0.6) is 0 Å². The van der Waals surface area contributed by atoms with Gasteiger partial charge in [0, 0.05) is 17.1 Å². The summed E-state index contributed by atoms with van der Waals surface area (Å²) in [6.07, 6.45) is 0.569. The van der Waals surface area contributed by atoms with Gasteiger partial charge in [-0.3, -0.25) is 16.0 Å². The molecule has 1 heterocycles. The maximum Gasteiger partial charge on any atom is 0.130 e. The van der Waals surface area contributed by atoms with E-state index in [-0.39, 0.29) is 11.9 Å². The van der Waals surface area contributed by atoms with Gasteiger partial charge < -0.3 is 0 Å². The number of halogens is 3. The van der Waals surface area contributed by atoms with Crippen molar-refractivity contribution in [2.45, 2.75) is 19.4 Å². The van der Waals surface area contributed by atoms with E-state index < -0.39 is 0 Å². The van der Waals surface area contributed by atoms with E-state index in [9.17, 15) is 4.39 Å². The van der Waals surface area contributed by atoms with Gasteiger partial charge in [-0.05, 0) is 31.0 Å². The van der Waals surface area contributed by atoms with Crippen LogP contribution in [0.25, 0.3) is 0 Å². The maximum absolute atomic E-state index is 13.2. The SMILES string of the molecule is Cc1nn(C)c(Cl)c1CC(NN)c1ccc(F)cc1Br. The summed E-state index contributed by atoms with van der Waals surface area (Å²) in [6.45, 7) is 1.90. The Morgan fingerprint density at radius 1 is 1.55 bits per heavy atom. The molecule has 0 amide bonds. The molecule has 0 radical (unpaired) electrons. The van der Waals surface area contributed by atoms with Gasteiger partial charge in [0.25, 0.3) is 0 Å². The fraction of sp³-hybridized carbons (Fsp3) is 0.308. The summed E-state index contributed by atoms with van der Waals surface area (Å²) < 4.78 is 15.4. The Hall–Kier alpha value is -0.950. The largest absolute Gasteiger partial charge is 0.271 e. The normalized spacial score (nSPS) is 12.7. The number of nitrogens with one attached hydrogen (secondary N) is 1. The van der Waals surface area contributed by atoms with Crippen molar-refractivity contribution in [1.29, 1.82) is 0 Å². The molecule has 0 spiro atoms. The first-order valence-corrected chi connectivity index (χ1v) is 7.20. The molecule has 1 aromatic heterocycles. The summed E-state index contributed by atoms with van der Waals surface area (Å²) >= 11 is 9.58. The summed E-state index contributed by atoms with van der Waals surface area (Å²) in [6, 6.07) is 4.33. The van der Waals surface area contributed by atoms with Crippen LogP contribution in [0, 0.1) is 12.7 Å². The summed E-state index contributed by atoms with van der Waals surface area (Å²) in [5.74, 6) is 5.33. The minimum atomic E-state index is -0.299. The topological polar surface area (TPSA) is 55.9 Å². The predicted molar refractivity (Wildman–Crippen MR) is 80.8 cm³/mol. The van der Waals surface area contributed by atoms with Gasteiger partial charge in [-0.2, -0.15) is 5.10 Å². The van der Waals surface area contributed by atoms with Crippen molar-refractivity contribution in [3.8, 4) is 0 Å². The molecule has 0 bridgehead atoms. The van der Waals surface area contributed by atoms with E-state index in [0.717, 1.165) is 16.8 Å². The van der Waals surface area contributed by atoms with E-state index in [1.165, 1.54) is 12.1 Å². The Balaban J connectivity index is 2.33. The number of rotatable bonds is 4. The highest BCUT2D eigenvalue weighted by Gasteiger charge is 2.19. The maximum atomic E-state index is 13.2. The molecule has 0 aliphatic carbocycles. The Kier molecular flexibility index (Phi) is 4.80. The third-order valence-corrected chi connectivity index (χ3v) is 4.38. The molecule has 4 nitrogen and oxygen atoms in total. The fourth-order valence-corrected chi connectivity index (χ4v) is 3.03. The molecule has 2 rings (SSSR count). The zero-order chi connectivity index (χ0) is 14.9. The van der Waals surface area contributed by atoms with Crippen LogP contribution in [0.3, 0.4) is 0 Å². The summed E-state index contributed by atoms with van der Waals surface area (Å²) in [5.41, 5.74) is 5.39. The highest BCUT2D eigenvalue weighted by atomic mass is 79.9. The van der Waals surface area contributed by atoms with E-state index >= 15 is 0 Å². The lowest BCUT2D eigenvalue weighted by Crippen LogP contribution is -2.30. The minimum absolute atomic E-state index is 0.189. The number of aromatic nitrogens is 2. The van der Waals surface area contributed by atoms with Crippen LogP contribution in [0.1, 0.15) is 22.9 Å². The molecule has 2 aromatic rings. The number of nitrogens with zero attached hydrogens (tertiary/aromatic N) is 2. The average molecular weight is 362 g/mol. The summed E-state index contributed by atoms with van der Waals surface area (Å²) in [7, 11) is 1.79. The lowest BCUT2D eigenvalue weighted by atomic mass is 10.00. The smallest absolute Gasteiger partial charge is 0.130 e. The van der Waals surface area contributed by atoms with Crippen LogP contribution in [0.15, 0.2) is 22.7 Å². The van der Waals surface area contributed by atoms with Crippen LogP contribution >= 0.6 is 27.5 Å². The van der Waals surface area contributed by atoms with Gasteiger partial charge in [0.2, 0.25) is 0 Å². The molecule has 0 saturated heterocycles. The molecule has 1 unspecified atom stereocenters. The molecule has 1 atom stereocenters. The minimum Gasteiger partial charge on any atom is -0.271 e. The van der Waals surface area contributed by atoms with Gasteiger partial charge in [0.1, 0.15) is 11.0 Å². The summed E-state index contributed by atoms with van der Waals surface area (Å²) in [4.78, 5) is 0. The fourth-order valence-electron chi connectivity index (χ4n) is 2.15. The van der Waals surface area contributed by atoms with Crippen molar-refractivity contribution in [2.24, 2.45) is 12.9 Å². The number of hydrazine groups is 1. The number of hydrogen-bond donors (Lipinski definition) is 2. The van der Waals surface area contributed by atoms with Crippen LogP contribution in [0.2, 0.25) is 5.15 Å². The second-order valence-corrected chi connectivity index (χ2v) is 5.78. The molecule has 0 aliphatic rings. The molecule has 20 heavy (non-hydrogen) atoms. The first-order valence-electron chi connectivity index (χ1n) is 6.03. The predicted octanol–water partition coefficient (Wildman–Crippen LogP) is 3.03. The monoisotopic (exact) mass is 360 g/mol. The number of nitrogens with two attached hydrogens (primary N) is 1. The van der Waals surface area contributed by atoms with Crippen LogP contribution in [0.4, 0.5) is 4.39 Å². The highest BCUT2D eigenvalue weighted by molar-refractivity contribution is 9.10. The highest BCUT2D eigenvalue weighted by Crippen LogP contribution is 2.29. The number of aryl methyl sites for hydroxylation is 2. The summed E-state index contributed by atoms with van der Waals surface area (Å²) in [5, 5.41) is 4.86. The third kappa shape index (κ3) is 3.03. The van der Waals surface area contributed by atoms with Crippen molar-refractivity contribution in [3.63, 3.8) is 0 Å². The van der Waals surface area contributed by atoms with Gasteiger partial charge in [0.15, 0.2) is 0 Å². The van der Waals surface area contributed by atoms with Crippen LogP contribution < -0.4 is 11.3 Å². The van der Waals surface area contributed by atoms with Crippen molar-refractivity contribution in [3.05, 3.63) is 50.5 Å². The van der Waals surface area contributed by atoms with E-state index in [4.69, 9.17) is 17.4 Å². The average Bonchev–Trinajstić information content (AvgIpc) is 2.62. The van der Waals surface area contributed by atoms with Crippen molar-refractivity contribution >= 4 is 27.5 Å². The Morgan fingerprint density at radius 3 is 2.75 bits per heavy atom. The standard InChI is InChI=1S/C13H15BrClFN4/c1-7-10(13(15)20(2)19-7)6-12(18-17)9-4-3-8(16)5-11(9)14/h3-5,12,18H,6,17H2,1-2H3. The van der Waals surface area contributed by atoms with Crippen molar-refractivity contribution < 1.29 is 4.39 Å². The van der Waals surface area contributed by atoms with Crippen LogP contribution in [-0.2, 0) is 13.5 Å². The van der Waals surface area contributed by atoms with Crippen LogP contribution in [-0.4, -0.2) is 9.78 Å². The first kappa shape index (κ1) is 15.4. The zero-order valence-electron chi connectivity index (χ0n) is 11.1. The number of benzene rings is 1. The third-order valence-electron chi connectivity index (χ3n) is 3.22. The lowest BCUT2D eigenvalue weighted by Gasteiger charge is -2.18. The van der Waals surface area contributed by atoms with Gasteiger partial charge in [-0.15, -0.1) is 0 Å². The van der Waals surface area contributed by atoms with E-state index in [1.54, 1.807) is 17.8 Å². The Bertz CT molecular complexity index is 629. The van der Waals surface area contributed by atoms with Crippen molar-refractivity contribution in [1.82, 2.24) is 15.2 Å². The second-order valence-electron chi connectivity index (χ2n) is 4.57. The van der Waals surface area contributed by atoms with Gasteiger partial charge >= 0.3 is 0 Å². The molecule has 1 aromatic carbocycles. The van der Waals surface area contributed by atoms with Gasteiger partial charge in [-0.25, -0.2) is 4.39 Å². The first-order chi connectivity index (χ1) is 9.43. The Morgan fingerprint density at radius 2 is 2.25 bits per heavy atom. The quantitative estimate of drug-likeness (QED) is 0.650.